The molecule has 5 heteroatoms. The van der Waals surface area contributed by atoms with Gasteiger partial charge in [0, 0.05) is 12.4 Å². The number of imidazole rings is 1. The van der Waals surface area contributed by atoms with Crippen molar-refractivity contribution in [2.75, 3.05) is 0 Å². The third-order valence-electron chi connectivity index (χ3n) is 1.05. The summed E-state index contributed by atoms with van der Waals surface area (Å²) in [6.45, 7) is 0. The largest absolute Gasteiger partial charge is 0.376 e. The van der Waals surface area contributed by atoms with Gasteiger partial charge in [-0.2, -0.15) is 0 Å². The Morgan fingerprint density at radius 1 is 1.90 bits per heavy atom. The van der Waals surface area contributed by atoms with E-state index in [4.69, 9.17) is 10.8 Å². The first-order valence-electron chi connectivity index (χ1n) is 2.68. The molecular weight excluding hydrogens is 134 g/mol. The Kier molecular flexibility index (Phi) is 1.68. The zero-order chi connectivity index (χ0) is 7.56. The number of nitrogens with zero attached hydrogens (tertiary/aromatic N) is 1. The Bertz CT molecular complexity index is 219. The van der Waals surface area contributed by atoms with E-state index in [-0.39, 0.29) is 5.82 Å². The van der Waals surface area contributed by atoms with Crippen molar-refractivity contribution < 1.29 is 9.90 Å². The van der Waals surface area contributed by atoms with E-state index < -0.39 is 12.0 Å². The molecule has 1 rings (SSSR count). The number of hydrogen-bond donors (Lipinski definition) is 3. The summed E-state index contributed by atoms with van der Waals surface area (Å²) in [5.74, 6) is -0.637. The van der Waals surface area contributed by atoms with Gasteiger partial charge in [0.2, 0.25) is 0 Å². The Labute approximate surface area is 56.9 Å². The first-order valence-corrected chi connectivity index (χ1v) is 2.68. The number of rotatable bonds is 2. The average molecular weight is 141 g/mol. The quantitative estimate of drug-likeness (QED) is 0.489. The highest BCUT2D eigenvalue weighted by atomic mass is 16.3. The third-order valence-corrected chi connectivity index (χ3v) is 1.05. The lowest BCUT2D eigenvalue weighted by Crippen LogP contribution is -2.21. The number of aromatic nitrogens is 2. The van der Waals surface area contributed by atoms with E-state index in [0.717, 1.165) is 0 Å². The van der Waals surface area contributed by atoms with Crippen molar-refractivity contribution in [2.45, 2.75) is 6.10 Å². The number of nitrogens with one attached hydrogen (secondary N) is 1. The van der Waals surface area contributed by atoms with Gasteiger partial charge in [-0.1, -0.05) is 0 Å². The van der Waals surface area contributed by atoms with Crippen LogP contribution in [0, 0.1) is 0 Å². The number of primary amides is 1. The fourth-order valence-electron chi connectivity index (χ4n) is 0.562. The summed E-state index contributed by atoms with van der Waals surface area (Å²) in [7, 11) is 0. The number of amides is 1. The lowest BCUT2D eigenvalue weighted by molar-refractivity contribution is -0.126. The molecule has 0 bridgehead atoms. The number of aliphatic hydroxyl groups excluding tert-OH is 1. The molecule has 1 amide bonds. The monoisotopic (exact) mass is 141 g/mol. The second-order valence-electron chi connectivity index (χ2n) is 1.78. The number of aliphatic hydroxyl groups is 1. The van der Waals surface area contributed by atoms with Crippen LogP contribution < -0.4 is 5.73 Å². The van der Waals surface area contributed by atoms with Gasteiger partial charge < -0.3 is 15.8 Å². The fraction of sp³-hybridized carbons (Fsp3) is 0.200. The number of carbonyl (C=O) groups excluding carboxylic acids is 1. The highest BCUT2D eigenvalue weighted by Crippen LogP contribution is 2.03. The summed E-state index contributed by atoms with van der Waals surface area (Å²) in [5.41, 5.74) is 4.78. The molecule has 1 atom stereocenters. The van der Waals surface area contributed by atoms with Gasteiger partial charge in [0.25, 0.3) is 5.91 Å². The van der Waals surface area contributed by atoms with Gasteiger partial charge >= 0.3 is 0 Å². The lowest BCUT2D eigenvalue weighted by Gasteiger charge is -1.99. The number of aromatic amines is 1. The molecule has 1 unspecified atom stereocenters. The number of nitrogens with two attached hydrogens (primary N) is 1. The Morgan fingerprint density at radius 2 is 2.60 bits per heavy atom. The van der Waals surface area contributed by atoms with E-state index in [1.165, 1.54) is 12.4 Å². The molecular formula is C5H7N3O2. The van der Waals surface area contributed by atoms with Crippen molar-refractivity contribution in [3.63, 3.8) is 0 Å². The highest BCUT2D eigenvalue weighted by molar-refractivity contribution is 5.79. The summed E-state index contributed by atoms with van der Waals surface area (Å²) in [6.07, 6.45) is 1.61. The predicted molar refractivity (Wildman–Crippen MR) is 32.7 cm³/mol. The van der Waals surface area contributed by atoms with Crippen LogP contribution in [0.15, 0.2) is 12.4 Å². The van der Waals surface area contributed by atoms with E-state index in [1.807, 2.05) is 0 Å². The van der Waals surface area contributed by atoms with Crippen LogP contribution in [0.3, 0.4) is 0 Å². The van der Waals surface area contributed by atoms with Crippen LogP contribution >= 0.6 is 0 Å². The van der Waals surface area contributed by atoms with E-state index in [1.54, 1.807) is 0 Å². The summed E-state index contributed by atoms with van der Waals surface area (Å²) in [4.78, 5) is 16.5. The Hall–Kier alpha value is -1.36. The normalized spacial score (nSPS) is 12.9. The van der Waals surface area contributed by atoms with Crippen LogP contribution in [-0.2, 0) is 4.79 Å². The second-order valence-corrected chi connectivity index (χ2v) is 1.78. The maximum atomic E-state index is 10.3. The smallest absolute Gasteiger partial charge is 0.254 e. The van der Waals surface area contributed by atoms with Gasteiger partial charge in [-0.15, -0.1) is 0 Å². The maximum absolute atomic E-state index is 10.3. The molecule has 0 saturated heterocycles. The van der Waals surface area contributed by atoms with Crippen LogP contribution in [0.25, 0.3) is 0 Å². The van der Waals surface area contributed by atoms with E-state index in [9.17, 15) is 4.79 Å². The van der Waals surface area contributed by atoms with Crippen molar-refractivity contribution in [3.05, 3.63) is 18.2 Å². The molecule has 0 aromatic carbocycles. The molecule has 0 radical (unpaired) electrons. The molecule has 54 valence electrons. The lowest BCUT2D eigenvalue weighted by atomic mass is 10.3. The molecule has 1 aromatic rings. The second kappa shape index (κ2) is 2.49. The zero-order valence-corrected chi connectivity index (χ0v) is 5.11. The van der Waals surface area contributed by atoms with Gasteiger partial charge in [0.15, 0.2) is 6.10 Å². The van der Waals surface area contributed by atoms with Gasteiger partial charge in [-0.3, -0.25) is 4.79 Å². The molecule has 0 aliphatic heterocycles. The van der Waals surface area contributed by atoms with E-state index >= 15 is 0 Å². The van der Waals surface area contributed by atoms with Crippen molar-refractivity contribution in [1.29, 1.82) is 0 Å². The third kappa shape index (κ3) is 1.14. The van der Waals surface area contributed by atoms with Crippen molar-refractivity contribution in [1.82, 2.24) is 9.97 Å². The van der Waals surface area contributed by atoms with Gasteiger partial charge in [0.1, 0.15) is 5.82 Å². The summed E-state index contributed by atoms with van der Waals surface area (Å²) >= 11 is 0. The molecule has 0 aliphatic carbocycles. The SMILES string of the molecule is NC(=O)C(O)c1ncc[nH]1. The molecule has 1 heterocycles. The Balaban J connectivity index is 2.77. The number of hydrogen-bond acceptors (Lipinski definition) is 3. The minimum atomic E-state index is -1.32. The van der Waals surface area contributed by atoms with Gasteiger partial charge in [-0.25, -0.2) is 4.98 Å². The van der Waals surface area contributed by atoms with Crippen LogP contribution in [0.5, 0.6) is 0 Å². The minimum Gasteiger partial charge on any atom is -0.376 e. The van der Waals surface area contributed by atoms with Crippen molar-refractivity contribution >= 4 is 5.91 Å². The topological polar surface area (TPSA) is 92.0 Å². The predicted octanol–water partition coefficient (Wildman–Crippen LogP) is -1.07. The number of H-pyrrole nitrogens is 1. The van der Waals surface area contributed by atoms with Crippen LogP contribution in [0.4, 0.5) is 0 Å². The first-order chi connectivity index (χ1) is 4.72. The molecule has 0 saturated carbocycles. The molecule has 5 nitrogen and oxygen atoms in total. The van der Waals surface area contributed by atoms with Crippen LogP contribution in [0.2, 0.25) is 0 Å². The standard InChI is InChI=1S/C5H7N3O2/c6-4(10)3(9)5-7-1-2-8-5/h1-3,9H,(H2,6,10)(H,7,8). The van der Waals surface area contributed by atoms with Gasteiger partial charge in [-0.05, 0) is 0 Å². The number of carbonyl (C=O) groups is 1. The van der Waals surface area contributed by atoms with Crippen LogP contribution in [0.1, 0.15) is 11.9 Å². The average Bonchev–Trinajstić information content (AvgIpc) is 2.36. The zero-order valence-electron chi connectivity index (χ0n) is 5.11. The minimum absolute atomic E-state index is 0.174. The molecule has 1 aromatic heterocycles. The van der Waals surface area contributed by atoms with Gasteiger partial charge in [0.05, 0.1) is 0 Å². The van der Waals surface area contributed by atoms with Crippen molar-refractivity contribution in [3.8, 4) is 0 Å². The summed E-state index contributed by atoms with van der Waals surface area (Å²) in [5, 5.41) is 8.92. The molecule has 0 fully saturated rings. The van der Waals surface area contributed by atoms with Crippen LogP contribution in [-0.4, -0.2) is 21.0 Å². The summed E-state index contributed by atoms with van der Waals surface area (Å²) in [6, 6.07) is 0. The first kappa shape index (κ1) is 6.76. The Morgan fingerprint density at radius 3 is 3.00 bits per heavy atom. The maximum Gasteiger partial charge on any atom is 0.254 e. The highest BCUT2D eigenvalue weighted by Gasteiger charge is 2.14. The molecule has 4 N–H and O–H groups in total. The molecule has 0 aliphatic rings. The van der Waals surface area contributed by atoms with Crippen molar-refractivity contribution in [2.24, 2.45) is 5.73 Å². The molecule has 10 heavy (non-hydrogen) atoms. The fourth-order valence-corrected chi connectivity index (χ4v) is 0.562. The summed E-state index contributed by atoms with van der Waals surface area (Å²) < 4.78 is 0. The molecule has 0 spiro atoms. The van der Waals surface area contributed by atoms with E-state index in [0.29, 0.717) is 0 Å². The van der Waals surface area contributed by atoms with E-state index in [2.05, 4.69) is 9.97 Å².